The fourth-order valence-electron chi connectivity index (χ4n) is 2.81. The molecule has 0 aliphatic heterocycles. The normalized spacial score (nSPS) is 13.2. The number of anilines is 2. The summed E-state index contributed by atoms with van der Waals surface area (Å²) < 4.78 is 1.01. The van der Waals surface area contributed by atoms with Gasteiger partial charge < -0.3 is 10.6 Å². The molecule has 7 heteroatoms. The third kappa shape index (κ3) is 5.05. The number of carbonyl (C=O) groups excluding carboxylic acids is 2. The van der Waals surface area contributed by atoms with Gasteiger partial charge >= 0.3 is 0 Å². The lowest BCUT2D eigenvalue weighted by Gasteiger charge is -2.10. The average Bonchev–Trinajstić information content (AvgIpc) is 3.47. The zero-order chi connectivity index (χ0) is 20.4. The molecule has 1 aromatic heterocycles. The highest BCUT2D eigenvalue weighted by Crippen LogP contribution is 2.32. The van der Waals surface area contributed by atoms with Crippen molar-refractivity contribution in [3.8, 4) is 0 Å². The number of carbonyl (C=O) groups is 2. The Labute approximate surface area is 178 Å². The Balaban J connectivity index is 1.39. The monoisotopic (exact) mass is 423 g/mol. The minimum atomic E-state index is -0.177. The van der Waals surface area contributed by atoms with Crippen molar-refractivity contribution >= 4 is 46.3 Å². The lowest BCUT2D eigenvalue weighted by molar-refractivity contribution is -0.117. The van der Waals surface area contributed by atoms with E-state index < -0.39 is 0 Å². The lowest BCUT2D eigenvalue weighted by atomic mass is 10.1. The van der Waals surface area contributed by atoms with Gasteiger partial charge in [-0.05, 0) is 74.7 Å². The Morgan fingerprint density at radius 2 is 1.83 bits per heavy atom. The molecule has 1 saturated carbocycles. The van der Waals surface area contributed by atoms with Crippen LogP contribution in [0.5, 0.6) is 0 Å². The van der Waals surface area contributed by atoms with E-state index in [9.17, 15) is 9.59 Å². The van der Waals surface area contributed by atoms with Crippen molar-refractivity contribution in [1.82, 2.24) is 4.98 Å². The first-order valence-electron chi connectivity index (χ1n) is 9.41. The van der Waals surface area contributed by atoms with Gasteiger partial charge in [0.25, 0.3) is 5.91 Å². The number of amides is 2. The zero-order valence-corrected chi connectivity index (χ0v) is 17.8. The summed E-state index contributed by atoms with van der Waals surface area (Å²) in [5.74, 6) is 0.0366. The predicted octanol–water partition coefficient (Wildman–Crippen LogP) is 5.51. The summed E-state index contributed by atoms with van der Waals surface area (Å²) in [6, 6.07) is 12.9. The van der Waals surface area contributed by atoms with E-state index >= 15 is 0 Å². The summed E-state index contributed by atoms with van der Waals surface area (Å²) in [5, 5.41) is 7.87. The van der Waals surface area contributed by atoms with Crippen LogP contribution >= 0.6 is 23.1 Å². The van der Waals surface area contributed by atoms with Crippen LogP contribution in [0, 0.1) is 19.8 Å². The molecule has 2 N–H and O–H groups in total. The lowest BCUT2D eigenvalue weighted by Crippen LogP contribution is -2.14. The first-order chi connectivity index (χ1) is 14.0. The summed E-state index contributed by atoms with van der Waals surface area (Å²) in [6.07, 6.45) is 1.93. The van der Waals surface area contributed by atoms with Crippen LogP contribution in [-0.4, -0.2) is 16.8 Å². The summed E-state index contributed by atoms with van der Waals surface area (Å²) in [4.78, 5) is 30.0. The van der Waals surface area contributed by atoms with Gasteiger partial charge in [0.2, 0.25) is 5.91 Å². The van der Waals surface area contributed by atoms with Crippen LogP contribution in [0.3, 0.4) is 0 Å². The molecular formula is C22H21N3O2S2. The molecule has 2 amide bonds. The molecule has 0 saturated heterocycles. The Kier molecular flexibility index (Phi) is 5.69. The van der Waals surface area contributed by atoms with E-state index in [-0.39, 0.29) is 17.7 Å². The van der Waals surface area contributed by atoms with Crippen LogP contribution < -0.4 is 10.6 Å². The van der Waals surface area contributed by atoms with Crippen LogP contribution in [-0.2, 0) is 4.79 Å². The molecule has 3 aromatic rings. The van der Waals surface area contributed by atoms with Crippen molar-refractivity contribution < 1.29 is 9.59 Å². The van der Waals surface area contributed by atoms with E-state index in [0.29, 0.717) is 11.3 Å². The molecular weight excluding hydrogens is 402 g/mol. The number of rotatable bonds is 6. The number of aromatic nitrogens is 1. The molecule has 0 spiro atoms. The second-order valence-corrected chi connectivity index (χ2v) is 9.31. The van der Waals surface area contributed by atoms with Gasteiger partial charge in [-0.15, -0.1) is 11.3 Å². The van der Waals surface area contributed by atoms with Crippen molar-refractivity contribution in [3.63, 3.8) is 0 Å². The van der Waals surface area contributed by atoms with Crippen molar-refractivity contribution in [3.05, 3.63) is 64.7 Å². The number of thiazole rings is 1. The van der Waals surface area contributed by atoms with Gasteiger partial charge in [-0.2, -0.15) is 0 Å². The molecule has 148 valence electrons. The summed E-state index contributed by atoms with van der Waals surface area (Å²) in [6.45, 7) is 3.96. The first kappa shape index (κ1) is 19.7. The standard InChI is InChI=1S/C22H21N3O2S2/c1-13-11-18(29-22-23-14(2)12-28-22)9-10-19(13)25-21(27)16-5-7-17(8-6-16)24-20(26)15-3-4-15/h5-12,15H,3-4H2,1-2H3,(H,24,26)(H,25,27). The van der Waals surface area contributed by atoms with Gasteiger partial charge in [0.15, 0.2) is 4.34 Å². The molecule has 0 unspecified atom stereocenters. The number of aryl methyl sites for hydroxylation is 2. The van der Waals surface area contributed by atoms with Gasteiger partial charge in [0.1, 0.15) is 0 Å². The van der Waals surface area contributed by atoms with Crippen LogP contribution in [0.2, 0.25) is 0 Å². The Bertz CT molecular complexity index is 1060. The van der Waals surface area contributed by atoms with Gasteiger partial charge in [-0.25, -0.2) is 4.98 Å². The second-order valence-electron chi connectivity index (χ2n) is 7.13. The Morgan fingerprint density at radius 3 is 2.45 bits per heavy atom. The molecule has 0 atom stereocenters. The van der Waals surface area contributed by atoms with E-state index in [1.165, 1.54) is 0 Å². The minimum Gasteiger partial charge on any atom is -0.326 e. The van der Waals surface area contributed by atoms with Gasteiger partial charge in [-0.3, -0.25) is 9.59 Å². The van der Waals surface area contributed by atoms with Crippen LogP contribution in [0.4, 0.5) is 11.4 Å². The maximum absolute atomic E-state index is 12.6. The van der Waals surface area contributed by atoms with E-state index in [2.05, 4.69) is 15.6 Å². The van der Waals surface area contributed by atoms with Crippen molar-refractivity contribution in [1.29, 1.82) is 0 Å². The average molecular weight is 424 g/mol. The molecule has 1 fully saturated rings. The van der Waals surface area contributed by atoms with Gasteiger partial charge in [0, 0.05) is 38.8 Å². The van der Waals surface area contributed by atoms with Gasteiger partial charge in [0.05, 0.1) is 0 Å². The highest BCUT2D eigenvalue weighted by molar-refractivity contribution is 8.01. The second kappa shape index (κ2) is 8.39. The Morgan fingerprint density at radius 1 is 1.07 bits per heavy atom. The quantitative estimate of drug-likeness (QED) is 0.548. The topological polar surface area (TPSA) is 71.1 Å². The Hall–Kier alpha value is -2.64. The SMILES string of the molecule is Cc1csc(Sc2ccc(NC(=O)c3ccc(NC(=O)C4CC4)cc3)c(C)c2)n1. The first-order valence-corrected chi connectivity index (χ1v) is 11.1. The fourth-order valence-corrected chi connectivity index (χ4v) is 4.72. The molecule has 0 bridgehead atoms. The number of nitrogens with one attached hydrogen (secondary N) is 2. The minimum absolute atomic E-state index is 0.0590. The number of benzene rings is 2. The van der Waals surface area contributed by atoms with Crippen LogP contribution in [0.15, 0.2) is 57.1 Å². The number of nitrogens with zero attached hydrogens (tertiary/aromatic N) is 1. The van der Waals surface area contributed by atoms with Crippen LogP contribution in [0.1, 0.15) is 34.5 Å². The van der Waals surface area contributed by atoms with Crippen molar-refractivity contribution in [2.45, 2.75) is 35.9 Å². The molecule has 0 radical (unpaired) electrons. The maximum Gasteiger partial charge on any atom is 0.255 e. The van der Waals surface area contributed by atoms with E-state index in [1.54, 1.807) is 47.4 Å². The summed E-state index contributed by atoms with van der Waals surface area (Å²) >= 11 is 3.25. The maximum atomic E-state index is 12.6. The molecule has 1 aliphatic carbocycles. The molecule has 1 aliphatic rings. The van der Waals surface area contributed by atoms with Crippen LogP contribution in [0.25, 0.3) is 0 Å². The van der Waals surface area contributed by atoms with Crippen molar-refractivity contribution in [2.24, 2.45) is 5.92 Å². The zero-order valence-electron chi connectivity index (χ0n) is 16.2. The molecule has 29 heavy (non-hydrogen) atoms. The molecule has 1 heterocycles. The third-order valence-corrected chi connectivity index (χ3v) is 6.66. The fraction of sp³-hybridized carbons (Fsp3) is 0.227. The molecule has 5 nitrogen and oxygen atoms in total. The largest absolute Gasteiger partial charge is 0.326 e. The molecule has 4 rings (SSSR count). The third-order valence-electron chi connectivity index (χ3n) is 4.61. The highest BCUT2D eigenvalue weighted by atomic mass is 32.2. The van der Waals surface area contributed by atoms with Gasteiger partial charge in [-0.1, -0.05) is 11.8 Å². The number of hydrogen-bond acceptors (Lipinski definition) is 5. The number of hydrogen-bond donors (Lipinski definition) is 2. The molecule has 2 aromatic carbocycles. The summed E-state index contributed by atoms with van der Waals surface area (Å²) in [5.41, 5.74) is 4.06. The van der Waals surface area contributed by atoms with Crippen molar-refractivity contribution in [2.75, 3.05) is 10.6 Å². The van der Waals surface area contributed by atoms with E-state index in [1.807, 2.05) is 37.4 Å². The predicted molar refractivity (Wildman–Crippen MR) is 118 cm³/mol. The smallest absolute Gasteiger partial charge is 0.255 e. The van der Waals surface area contributed by atoms with E-state index in [0.717, 1.165) is 39.0 Å². The highest BCUT2D eigenvalue weighted by Gasteiger charge is 2.29. The van der Waals surface area contributed by atoms with E-state index in [4.69, 9.17) is 0 Å². The summed E-state index contributed by atoms with van der Waals surface area (Å²) in [7, 11) is 0.